The van der Waals surface area contributed by atoms with Crippen LogP contribution in [-0.4, -0.2) is 47.5 Å². The maximum atomic E-state index is 12.8. The number of hydrogen-bond donors (Lipinski definition) is 1. The van der Waals surface area contributed by atoms with Crippen molar-refractivity contribution in [1.82, 2.24) is 10.1 Å². The zero-order valence-electron chi connectivity index (χ0n) is 17.8. The summed E-state index contributed by atoms with van der Waals surface area (Å²) in [6.07, 6.45) is 0. The summed E-state index contributed by atoms with van der Waals surface area (Å²) in [7, 11) is 2.83. The fourth-order valence-electron chi connectivity index (χ4n) is 2.84. The molecule has 12 heteroatoms. The first-order valence-corrected chi connectivity index (χ1v) is 9.84. The van der Waals surface area contributed by atoms with Crippen molar-refractivity contribution in [2.75, 3.05) is 26.0 Å². The highest BCUT2D eigenvalue weighted by atomic mass is 35.5. The van der Waals surface area contributed by atoms with Crippen molar-refractivity contribution in [3.8, 4) is 17.2 Å². The number of hydrogen-bond acceptors (Lipinski definition) is 8. The van der Waals surface area contributed by atoms with Crippen LogP contribution in [0.4, 0.5) is 11.5 Å². The normalized spacial score (nSPS) is 10.4. The molecular weight excluding hydrogens is 456 g/mol. The topological polar surface area (TPSA) is 137 Å². The molecule has 0 spiro atoms. The van der Waals surface area contributed by atoms with Crippen LogP contribution in [0.2, 0.25) is 5.02 Å². The molecular formula is C21H19ClN4O7. The number of ether oxygens (including phenoxy) is 2. The van der Waals surface area contributed by atoms with E-state index < -0.39 is 16.7 Å². The first kappa shape index (κ1) is 23.5. The molecule has 0 aliphatic rings. The molecule has 11 nitrogen and oxygen atoms in total. The number of nitro benzene ring substituents is 1. The van der Waals surface area contributed by atoms with E-state index in [0.717, 1.165) is 0 Å². The van der Waals surface area contributed by atoms with Crippen molar-refractivity contribution < 1.29 is 28.5 Å². The molecule has 1 N–H and O–H groups in total. The van der Waals surface area contributed by atoms with Crippen molar-refractivity contribution in [2.45, 2.75) is 6.92 Å². The molecule has 1 aromatic heterocycles. The molecule has 0 aliphatic carbocycles. The fraction of sp³-hybridized carbons (Fsp3) is 0.190. The summed E-state index contributed by atoms with van der Waals surface area (Å²) >= 11 is 5.83. The minimum atomic E-state index is -0.619. The average Bonchev–Trinajstić information content (AvgIpc) is 3.18. The molecule has 33 heavy (non-hydrogen) atoms. The van der Waals surface area contributed by atoms with Crippen molar-refractivity contribution in [3.63, 3.8) is 0 Å². The Kier molecular flexibility index (Phi) is 7.13. The Labute approximate surface area is 193 Å². The molecule has 1 heterocycles. The molecule has 0 atom stereocenters. The van der Waals surface area contributed by atoms with Gasteiger partial charge >= 0.3 is 5.69 Å². The van der Waals surface area contributed by atoms with E-state index in [4.69, 9.17) is 25.6 Å². The van der Waals surface area contributed by atoms with Crippen LogP contribution in [-0.2, 0) is 4.79 Å². The lowest BCUT2D eigenvalue weighted by Gasteiger charge is -2.17. The molecule has 0 unspecified atom stereocenters. The summed E-state index contributed by atoms with van der Waals surface area (Å²) in [6.45, 7) is 1.45. The Bertz CT molecular complexity index is 1210. The van der Waals surface area contributed by atoms with E-state index in [1.54, 1.807) is 13.0 Å². The molecule has 2 aromatic carbocycles. The van der Waals surface area contributed by atoms with Crippen LogP contribution < -0.4 is 14.8 Å². The molecule has 172 valence electrons. The molecule has 0 saturated heterocycles. The van der Waals surface area contributed by atoms with Crippen LogP contribution in [0.15, 0.2) is 47.0 Å². The summed E-state index contributed by atoms with van der Waals surface area (Å²) in [4.78, 5) is 36.8. The third-order valence-corrected chi connectivity index (χ3v) is 4.61. The number of nitrogens with zero attached hydrogens (tertiary/aromatic N) is 3. The first-order chi connectivity index (χ1) is 15.7. The maximum absolute atomic E-state index is 12.8. The molecule has 0 bridgehead atoms. The van der Waals surface area contributed by atoms with Crippen LogP contribution in [0.5, 0.6) is 17.2 Å². The SMILES string of the molecule is COc1cc(C(=O)N(C)CC(=O)Nc2cc(C)on2)ccc1Oc1ccc(Cl)cc1[N+](=O)[O-]. The van der Waals surface area contributed by atoms with Gasteiger partial charge in [-0.3, -0.25) is 19.7 Å². The van der Waals surface area contributed by atoms with Gasteiger partial charge in [0.2, 0.25) is 11.7 Å². The van der Waals surface area contributed by atoms with E-state index in [2.05, 4.69) is 10.5 Å². The number of nitrogens with one attached hydrogen (secondary N) is 1. The van der Waals surface area contributed by atoms with Gasteiger partial charge in [-0.1, -0.05) is 16.8 Å². The van der Waals surface area contributed by atoms with Crippen LogP contribution in [0.1, 0.15) is 16.1 Å². The van der Waals surface area contributed by atoms with Gasteiger partial charge in [0, 0.05) is 29.8 Å². The number of benzene rings is 2. The summed E-state index contributed by atoms with van der Waals surface area (Å²) in [5.74, 6) is 0.150. The quantitative estimate of drug-likeness (QED) is 0.381. The van der Waals surface area contributed by atoms with Gasteiger partial charge < -0.3 is 24.2 Å². The number of halogens is 1. The predicted octanol–water partition coefficient (Wildman–Crippen LogP) is 4.06. The molecule has 0 fully saturated rings. The number of nitro groups is 1. The standard InChI is InChI=1S/C21H19ClN4O7/c1-12-8-19(24-33-12)23-20(27)11-25(2)21(28)13-4-6-17(18(9-13)31-3)32-16-7-5-14(22)10-15(16)26(29)30/h4-10H,11H2,1-3H3,(H,23,24,27). The third kappa shape index (κ3) is 5.77. The number of aromatic nitrogens is 1. The second-order valence-corrected chi connectivity index (χ2v) is 7.31. The Morgan fingerprint density at radius 3 is 2.55 bits per heavy atom. The van der Waals surface area contributed by atoms with Crippen LogP contribution >= 0.6 is 11.6 Å². The van der Waals surface area contributed by atoms with Gasteiger partial charge in [-0.25, -0.2) is 0 Å². The van der Waals surface area contributed by atoms with Crippen molar-refractivity contribution >= 4 is 34.9 Å². The van der Waals surface area contributed by atoms with E-state index >= 15 is 0 Å². The lowest BCUT2D eigenvalue weighted by atomic mass is 10.1. The summed E-state index contributed by atoms with van der Waals surface area (Å²) < 4.78 is 15.8. The van der Waals surface area contributed by atoms with Crippen LogP contribution in [0, 0.1) is 17.0 Å². The number of aryl methyl sites for hydroxylation is 1. The molecule has 0 radical (unpaired) electrons. The number of amides is 2. The monoisotopic (exact) mass is 474 g/mol. The summed E-state index contributed by atoms with van der Waals surface area (Å²) in [5.41, 5.74) is -0.102. The van der Waals surface area contributed by atoms with E-state index in [-0.39, 0.29) is 45.9 Å². The number of carbonyl (C=O) groups is 2. The molecule has 2 amide bonds. The maximum Gasteiger partial charge on any atom is 0.313 e. The Balaban J connectivity index is 1.74. The minimum absolute atomic E-state index is 0.0429. The highest BCUT2D eigenvalue weighted by molar-refractivity contribution is 6.30. The number of carbonyl (C=O) groups excluding carboxylic acids is 2. The Morgan fingerprint density at radius 2 is 1.91 bits per heavy atom. The van der Waals surface area contributed by atoms with Crippen LogP contribution in [0.25, 0.3) is 0 Å². The lowest BCUT2D eigenvalue weighted by Crippen LogP contribution is -2.35. The average molecular weight is 475 g/mol. The third-order valence-electron chi connectivity index (χ3n) is 4.37. The first-order valence-electron chi connectivity index (χ1n) is 9.46. The van der Waals surface area contributed by atoms with Crippen molar-refractivity contribution in [3.05, 3.63) is 68.9 Å². The van der Waals surface area contributed by atoms with Gasteiger partial charge in [0.05, 0.1) is 18.6 Å². The van der Waals surface area contributed by atoms with E-state index in [1.807, 2.05) is 0 Å². The lowest BCUT2D eigenvalue weighted by molar-refractivity contribution is -0.385. The Morgan fingerprint density at radius 1 is 1.18 bits per heavy atom. The smallest absolute Gasteiger partial charge is 0.313 e. The van der Waals surface area contributed by atoms with Crippen molar-refractivity contribution in [1.29, 1.82) is 0 Å². The molecule has 0 aliphatic heterocycles. The summed E-state index contributed by atoms with van der Waals surface area (Å²) in [5, 5.41) is 17.7. The number of anilines is 1. The second-order valence-electron chi connectivity index (χ2n) is 6.87. The highest BCUT2D eigenvalue weighted by Crippen LogP contribution is 2.38. The number of methoxy groups -OCH3 is 1. The summed E-state index contributed by atoms with van der Waals surface area (Å²) in [6, 6.07) is 9.84. The van der Waals surface area contributed by atoms with Gasteiger partial charge in [-0.2, -0.15) is 0 Å². The van der Waals surface area contributed by atoms with Gasteiger partial charge in [0.15, 0.2) is 17.3 Å². The zero-order chi connectivity index (χ0) is 24.1. The molecule has 3 aromatic rings. The largest absolute Gasteiger partial charge is 0.493 e. The van der Waals surface area contributed by atoms with Gasteiger partial charge in [-0.15, -0.1) is 0 Å². The molecule has 0 saturated carbocycles. The van der Waals surface area contributed by atoms with Crippen LogP contribution in [0.3, 0.4) is 0 Å². The van der Waals surface area contributed by atoms with Gasteiger partial charge in [0.1, 0.15) is 5.76 Å². The Hall–Kier alpha value is -4.12. The van der Waals surface area contributed by atoms with Gasteiger partial charge in [-0.05, 0) is 37.3 Å². The highest BCUT2D eigenvalue weighted by Gasteiger charge is 2.21. The number of likely N-dealkylation sites (N-methyl/N-ethyl adjacent to an activating group) is 1. The van der Waals surface area contributed by atoms with Crippen molar-refractivity contribution in [2.24, 2.45) is 0 Å². The van der Waals surface area contributed by atoms with Gasteiger partial charge in [0.25, 0.3) is 5.91 Å². The van der Waals surface area contributed by atoms with E-state index in [9.17, 15) is 19.7 Å². The molecule has 3 rings (SSSR count). The number of rotatable bonds is 8. The second kappa shape index (κ2) is 10.0. The minimum Gasteiger partial charge on any atom is -0.493 e. The zero-order valence-corrected chi connectivity index (χ0v) is 18.6. The fourth-order valence-corrected chi connectivity index (χ4v) is 3.00. The predicted molar refractivity (Wildman–Crippen MR) is 118 cm³/mol. The van der Waals surface area contributed by atoms with E-state index in [1.165, 1.54) is 55.5 Å². The van der Waals surface area contributed by atoms with E-state index in [0.29, 0.717) is 5.76 Å².